The van der Waals surface area contributed by atoms with Crippen LogP contribution >= 0.6 is 11.6 Å². The van der Waals surface area contributed by atoms with Gasteiger partial charge in [-0.05, 0) is 0 Å². The molecule has 3 rings (SSSR count). The Labute approximate surface area is 161 Å². The molecule has 2 aliphatic heterocycles. The second-order valence-electron chi connectivity index (χ2n) is 6.19. The van der Waals surface area contributed by atoms with E-state index in [2.05, 4.69) is 20.5 Å². The maximum absolute atomic E-state index is 12.8. The molecule has 2 heterocycles. The van der Waals surface area contributed by atoms with Crippen LogP contribution in [0.25, 0.3) is 6.08 Å². The molecule has 5 nitrogen and oxygen atoms in total. The summed E-state index contributed by atoms with van der Waals surface area (Å²) >= 11 is 8.96. The third-order valence-corrected chi connectivity index (χ3v) is 5.77. The summed E-state index contributed by atoms with van der Waals surface area (Å²) in [6.07, 6.45) is 2.84. The van der Waals surface area contributed by atoms with Gasteiger partial charge in [0.05, 0.1) is 0 Å². The molecular formula is C18H22ClN3O2Se. The summed E-state index contributed by atoms with van der Waals surface area (Å²) in [5.74, 6) is 0.0353. The summed E-state index contributed by atoms with van der Waals surface area (Å²) in [6.45, 7) is 5.26. The van der Waals surface area contributed by atoms with E-state index in [1.807, 2.05) is 47.2 Å². The Morgan fingerprint density at radius 1 is 1.20 bits per heavy atom. The van der Waals surface area contributed by atoms with E-state index in [1.165, 1.54) is 0 Å². The molecule has 134 valence electrons. The molecule has 0 radical (unpaired) electrons. The van der Waals surface area contributed by atoms with Crippen molar-refractivity contribution in [3.63, 3.8) is 0 Å². The number of amides is 1. The molecule has 0 spiro atoms. The quantitative estimate of drug-likeness (QED) is 0.527. The minimum absolute atomic E-state index is 0.0353. The zero-order valence-electron chi connectivity index (χ0n) is 14.3. The molecule has 0 aromatic heterocycles. The van der Waals surface area contributed by atoms with Gasteiger partial charge in [-0.25, -0.2) is 0 Å². The molecule has 0 bridgehead atoms. The molecule has 2 fully saturated rings. The molecule has 2 aliphatic rings. The normalized spacial score (nSPS) is 20.8. The predicted octanol–water partition coefficient (Wildman–Crippen LogP) is 1.43. The molecule has 0 saturated carbocycles. The van der Waals surface area contributed by atoms with E-state index in [4.69, 9.17) is 16.3 Å². The number of nitrogens with zero attached hydrogens (tertiary/aromatic N) is 3. The van der Waals surface area contributed by atoms with Crippen LogP contribution in [0.15, 0.2) is 30.0 Å². The maximum atomic E-state index is 12.8. The zero-order valence-corrected chi connectivity index (χ0v) is 16.7. The first-order valence-electron chi connectivity index (χ1n) is 8.43. The van der Waals surface area contributed by atoms with Gasteiger partial charge in [-0.1, -0.05) is 0 Å². The van der Waals surface area contributed by atoms with Gasteiger partial charge in [0.25, 0.3) is 0 Å². The molecule has 2 saturated heterocycles. The molecule has 1 aromatic rings. The Morgan fingerprint density at radius 3 is 2.56 bits per heavy atom. The van der Waals surface area contributed by atoms with Gasteiger partial charge in [0.15, 0.2) is 0 Å². The number of carbonyl (C=O) groups excluding carboxylic acids is 1. The van der Waals surface area contributed by atoms with Crippen molar-refractivity contribution in [2.45, 2.75) is 6.42 Å². The van der Waals surface area contributed by atoms with Gasteiger partial charge < -0.3 is 0 Å². The minimum atomic E-state index is 0.0353. The number of morpholine rings is 1. The summed E-state index contributed by atoms with van der Waals surface area (Å²) in [4.78, 5) is 18.9. The van der Waals surface area contributed by atoms with Crippen LogP contribution in [-0.2, 0) is 9.53 Å². The fraction of sp³-hybridized carbons (Fsp3) is 0.444. The van der Waals surface area contributed by atoms with Crippen LogP contribution in [0, 0.1) is 0 Å². The summed E-state index contributed by atoms with van der Waals surface area (Å²) in [5, 5.41) is 0.689. The van der Waals surface area contributed by atoms with Crippen LogP contribution in [0.5, 0.6) is 0 Å². The number of rotatable bonds is 5. The van der Waals surface area contributed by atoms with E-state index in [9.17, 15) is 4.79 Å². The number of halogens is 1. The Kier molecular flexibility index (Phi) is 6.31. The van der Waals surface area contributed by atoms with Crippen LogP contribution in [-0.4, -0.2) is 87.3 Å². The molecule has 1 aromatic carbocycles. The average molecular weight is 427 g/mol. The fourth-order valence-corrected chi connectivity index (χ4v) is 3.70. The number of hydrogen-bond acceptors (Lipinski definition) is 4. The molecule has 0 atom stereocenters. The van der Waals surface area contributed by atoms with Crippen molar-refractivity contribution in [2.75, 3.05) is 46.4 Å². The van der Waals surface area contributed by atoms with E-state index < -0.39 is 0 Å². The standard InChI is InChI=1S/C18H22ClN3O2Se/c1-20-16(13-14-3-5-15(19)6-4-14)17(23)22(18(20)25)8-2-7-21-9-11-24-12-10-21/h3-6,13H,2,7-12H2,1H3. The Hall–Kier alpha value is -1.17. The van der Waals surface area contributed by atoms with Crippen LogP contribution in [0.4, 0.5) is 0 Å². The monoisotopic (exact) mass is 427 g/mol. The summed E-state index contributed by atoms with van der Waals surface area (Å²) in [6, 6.07) is 7.49. The van der Waals surface area contributed by atoms with E-state index in [1.54, 1.807) is 0 Å². The number of carbonyl (C=O) groups is 1. The summed E-state index contributed by atoms with van der Waals surface area (Å²) in [5.41, 5.74) is 1.63. The zero-order chi connectivity index (χ0) is 17.8. The Morgan fingerprint density at radius 2 is 1.88 bits per heavy atom. The summed E-state index contributed by atoms with van der Waals surface area (Å²) in [7, 11) is 1.91. The second-order valence-corrected chi connectivity index (χ2v) is 7.39. The Bertz CT molecular complexity index is 671. The van der Waals surface area contributed by atoms with E-state index in [0.29, 0.717) is 17.3 Å². The first-order valence-corrected chi connectivity index (χ1v) is 9.66. The molecule has 0 unspecified atom stereocenters. The van der Waals surface area contributed by atoms with Crippen molar-refractivity contribution in [1.29, 1.82) is 0 Å². The van der Waals surface area contributed by atoms with Crippen molar-refractivity contribution in [2.24, 2.45) is 0 Å². The van der Waals surface area contributed by atoms with Gasteiger partial charge in [-0.3, -0.25) is 0 Å². The van der Waals surface area contributed by atoms with Crippen molar-refractivity contribution in [3.05, 3.63) is 40.5 Å². The number of hydrogen-bond donors (Lipinski definition) is 0. The topological polar surface area (TPSA) is 36.0 Å². The van der Waals surface area contributed by atoms with Crippen LogP contribution in [0.1, 0.15) is 12.0 Å². The second kappa shape index (κ2) is 8.47. The van der Waals surface area contributed by atoms with Crippen molar-refractivity contribution >= 4 is 43.8 Å². The predicted molar refractivity (Wildman–Crippen MR) is 102 cm³/mol. The van der Waals surface area contributed by atoms with E-state index in [-0.39, 0.29) is 5.91 Å². The summed E-state index contributed by atoms with van der Waals surface area (Å²) < 4.78 is 6.22. The fourth-order valence-electron chi connectivity index (χ4n) is 3.00. The van der Waals surface area contributed by atoms with Gasteiger partial charge in [-0.2, -0.15) is 0 Å². The van der Waals surface area contributed by atoms with Crippen LogP contribution in [0.2, 0.25) is 5.02 Å². The molecule has 0 N–H and O–H groups in total. The first-order chi connectivity index (χ1) is 12.1. The van der Waals surface area contributed by atoms with Crippen LogP contribution < -0.4 is 0 Å². The third kappa shape index (κ3) is 4.52. The SMILES string of the molecule is CN1C(=[Se])N(CCCN2CCOCC2)C(=O)C1=Cc1ccc(Cl)cc1. The van der Waals surface area contributed by atoms with Gasteiger partial charge >= 0.3 is 161 Å². The number of likely N-dealkylation sites (N-methyl/N-ethyl adjacent to an activating group) is 1. The van der Waals surface area contributed by atoms with E-state index in [0.717, 1.165) is 49.5 Å². The van der Waals surface area contributed by atoms with Crippen LogP contribution in [0.3, 0.4) is 0 Å². The van der Waals surface area contributed by atoms with Crippen molar-refractivity contribution < 1.29 is 9.53 Å². The first kappa shape index (κ1) is 18.6. The number of ether oxygens (including phenoxy) is 1. The average Bonchev–Trinajstić information content (AvgIpc) is 2.82. The third-order valence-electron chi connectivity index (χ3n) is 4.48. The van der Waals surface area contributed by atoms with E-state index >= 15 is 0 Å². The Balaban J connectivity index is 1.62. The van der Waals surface area contributed by atoms with Crippen molar-refractivity contribution in [3.8, 4) is 0 Å². The van der Waals surface area contributed by atoms with Crippen molar-refractivity contribution in [1.82, 2.24) is 14.7 Å². The van der Waals surface area contributed by atoms with Gasteiger partial charge in [-0.15, -0.1) is 0 Å². The van der Waals surface area contributed by atoms with Gasteiger partial charge in [0.1, 0.15) is 0 Å². The molecule has 1 amide bonds. The molecule has 0 aliphatic carbocycles. The molecular weight excluding hydrogens is 405 g/mol. The van der Waals surface area contributed by atoms with Gasteiger partial charge in [0, 0.05) is 0 Å². The van der Waals surface area contributed by atoms with Gasteiger partial charge in [0.2, 0.25) is 0 Å². The molecule has 7 heteroatoms. The molecule has 25 heavy (non-hydrogen) atoms. The number of benzene rings is 1.